The molecule has 27 heavy (non-hydrogen) atoms. The Bertz CT molecular complexity index is 432. The first-order valence-corrected chi connectivity index (χ1v) is 11.1. The molecule has 0 fully saturated rings. The Kier molecular flexibility index (Phi) is 26.9. The number of unbranched alkanes of at least 4 members (excludes halogenated alkanes) is 10. The molecule has 0 aliphatic heterocycles. The normalized spacial score (nSPS) is 12.1. The summed E-state index contributed by atoms with van der Waals surface area (Å²) in [6, 6.07) is 0. The zero-order valence-corrected chi connectivity index (χ0v) is 22.4. The predicted octanol–water partition coefficient (Wildman–Crippen LogP) is -2.20. The van der Waals surface area contributed by atoms with Gasteiger partial charge in [0.05, 0.1) is 6.10 Å². The Morgan fingerprint density at radius 1 is 0.852 bits per heavy atom. The van der Waals surface area contributed by atoms with Crippen molar-refractivity contribution in [3.63, 3.8) is 0 Å². The molecule has 0 spiro atoms. The van der Waals surface area contributed by atoms with Crippen LogP contribution in [0.1, 0.15) is 103 Å². The molecule has 1 N–H and O–H groups in total. The number of carbonyl (C=O) groups excluding carboxylic acids is 1. The smallest absolute Gasteiger partial charge is 0.550 e. The van der Waals surface area contributed by atoms with Crippen LogP contribution < -0.4 is 64.2 Å². The molecule has 1 atom stereocenters. The SMILES string of the molecule is CCCCCCCCC(CCCCCCCCC(=O)[O-])OS(=O)(=O)O.[Na+].[Na+]. The van der Waals surface area contributed by atoms with Gasteiger partial charge in [0.15, 0.2) is 0 Å². The van der Waals surface area contributed by atoms with E-state index in [9.17, 15) is 18.3 Å². The van der Waals surface area contributed by atoms with Gasteiger partial charge in [-0.2, -0.15) is 8.42 Å². The molecule has 0 rings (SSSR count). The van der Waals surface area contributed by atoms with Crippen molar-refractivity contribution < 1.29 is 86.2 Å². The van der Waals surface area contributed by atoms with E-state index in [-0.39, 0.29) is 65.5 Å². The van der Waals surface area contributed by atoms with Gasteiger partial charge in [-0.1, -0.05) is 77.6 Å². The fourth-order valence-corrected chi connectivity index (χ4v) is 3.45. The molecule has 0 heterocycles. The number of rotatable bonds is 18. The molecule has 150 valence electrons. The molecular formula is C18H35Na2O6S+. The number of carboxylic acid groups (broad SMARTS) is 1. The summed E-state index contributed by atoms with van der Waals surface area (Å²) >= 11 is 0. The van der Waals surface area contributed by atoms with Gasteiger partial charge in [-0.3, -0.25) is 4.55 Å². The molecule has 0 radical (unpaired) electrons. The fourth-order valence-electron chi connectivity index (χ4n) is 2.91. The van der Waals surface area contributed by atoms with Gasteiger partial charge in [0.2, 0.25) is 0 Å². The Balaban J connectivity index is -0.00000288. The van der Waals surface area contributed by atoms with Crippen molar-refractivity contribution in [2.24, 2.45) is 0 Å². The van der Waals surface area contributed by atoms with Crippen molar-refractivity contribution in [3.8, 4) is 0 Å². The van der Waals surface area contributed by atoms with Crippen LogP contribution in [-0.4, -0.2) is 25.0 Å². The maximum atomic E-state index is 11.0. The molecule has 0 saturated heterocycles. The molecule has 1 unspecified atom stereocenters. The molecule has 0 amide bonds. The summed E-state index contributed by atoms with van der Waals surface area (Å²) < 4.78 is 35.6. The Morgan fingerprint density at radius 2 is 1.26 bits per heavy atom. The van der Waals surface area contributed by atoms with E-state index in [2.05, 4.69) is 6.92 Å². The third kappa shape index (κ3) is 27.3. The van der Waals surface area contributed by atoms with Crippen LogP contribution in [0.4, 0.5) is 0 Å². The summed E-state index contributed by atoms with van der Waals surface area (Å²) in [6.45, 7) is 2.17. The maximum absolute atomic E-state index is 11.0. The van der Waals surface area contributed by atoms with Crippen LogP contribution in [-0.2, 0) is 19.4 Å². The largest absolute Gasteiger partial charge is 1.00 e. The van der Waals surface area contributed by atoms with Gasteiger partial charge in [0, 0.05) is 5.97 Å². The molecule has 0 aliphatic carbocycles. The van der Waals surface area contributed by atoms with Crippen molar-refractivity contribution in [1.29, 1.82) is 0 Å². The van der Waals surface area contributed by atoms with Crippen LogP contribution in [0.3, 0.4) is 0 Å². The second-order valence-electron chi connectivity index (χ2n) is 6.73. The van der Waals surface area contributed by atoms with Crippen molar-refractivity contribution in [2.45, 2.75) is 109 Å². The fraction of sp³-hybridized carbons (Fsp3) is 0.944. The minimum absolute atomic E-state index is 0. The van der Waals surface area contributed by atoms with Crippen LogP contribution in [0, 0.1) is 0 Å². The van der Waals surface area contributed by atoms with E-state index in [1.54, 1.807) is 0 Å². The summed E-state index contributed by atoms with van der Waals surface area (Å²) in [4.78, 5) is 10.3. The van der Waals surface area contributed by atoms with E-state index in [0.717, 1.165) is 51.4 Å². The zero-order chi connectivity index (χ0) is 19.0. The monoisotopic (exact) mass is 425 g/mol. The molecule has 6 nitrogen and oxygen atoms in total. The van der Waals surface area contributed by atoms with Gasteiger partial charge < -0.3 is 9.90 Å². The summed E-state index contributed by atoms with van der Waals surface area (Å²) in [5.74, 6) is -1.00. The average Bonchev–Trinajstić information content (AvgIpc) is 2.51. The van der Waals surface area contributed by atoms with Crippen LogP contribution in [0.15, 0.2) is 0 Å². The second-order valence-corrected chi connectivity index (χ2v) is 7.78. The number of aliphatic carboxylic acids is 1. The number of carboxylic acids is 1. The van der Waals surface area contributed by atoms with E-state index in [1.165, 1.54) is 19.3 Å². The van der Waals surface area contributed by atoms with E-state index < -0.39 is 22.5 Å². The van der Waals surface area contributed by atoms with Crippen LogP contribution in [0.5, 0.6) is 0 Å². The maximum Gasteiger partial charge on any atom is 1.00 e. The van der Waals surface area contributed by atoms with Gasteiger partial charge in [-0.25, -0.2) is 4.18 Å². The summed E-state index contributed by atoms with van der Waals surface area (Å²) in [5, 5.41) is 10.3. The Morgan fingerprint density at radius 3 is 1.67 bits per heavy atom. The molecule has 0 aromatic rings. The van der Waals surface area contributed by atoms with Crippen molar-refractivity contribution in [1.82, 2.24) is 0 Å². The van der Waals surface area contributed by atoms with E-state index in [1.807, 2.05) is 0 Å². The standard InChI is InChI=1S/C18H36O6S.2Na/c1-2-3-4-5-8-11-14-17(24-25(21,22)23)15-12-9-6-7-10-13-16-18(19)20;;/h17H,2-16H2,1H3,(H,19,20)(H,21,22,23);;/q;2*+1/p-1. The number of carbonyl (C=O) groups is 1. The first-order chi connectivity index (χ1) is 11.8. The molecule has 0 aromatic carbocycles. The summed E-state index contributed by atoms with van der Waals surface area (Å²) in [7, 11) is -4.40. The van der Waals surface area contributed by atoms with Gasteiger partial charge in [-0.05, 0) is 25.7 Å². The third-order valence-corrected chi connectivity index (χ3v) is 4.81. The molecule has 9 heteroatoms. The predicted molar refractivity (Wildman–Crippen MR) is 96.4 cm³/mol. The number of hydrogen-bond donors (Lipinski definition) is 1. The van der Waals surface area contributed by atoms with E-state index >= 15 is 0 Å². The Labute approximate surface area is 210 Å². The minimum Gasteiger partial charge on any atom is -0.550 e. The molecule has 0 aliphatic rings. The van der Waals surface area contributed by atoms with Gasteiger partial charge in [-0.15, -0.1) is 0 Å². The quantitative estimate of drug-likeness (QED) is 0.152. The molecule has 0 saturated carbocycles. The number of hydrogen-bond acceptors (Lipinski definition) is 5. The van der Waals surface area contributed by atoms with Gasteiger partial charge >= 0.3 is 69.5 Å². The average molecular weight is 426 g/mol. The van der Waals surface area contributed by atoms with Crippen LogP contribution in [0.25, 0.3) is 0 Å². The van der Waals surface area contributed by atoms with Crippen LogP contribution >= 0.6 is 0 Å². The van der Waals surface area contributed by atoms with E-state index in [4.69, 9.17) is 8.74 Å². The topological polar surface area (TPSA) is 104 Å². The first-order valence-electron chi connectivity index (χ1n) is 9.70. The van der Waals surface area contributed by atoms with Crippen molar-refractivity contribution in [2.75, 3.05) is 0 Å². The van der Waals surface area contributed by atoms with Crippen LogP contribution in [0.2, 0.25) is 0 Å². The van der Waals surface area contributed by atoms with Gasteiger partial charge in [0.25, 0.3) is 0 Å². The van der Waals surface area contributed by atoms with Gasteiger partial charge in [0.1, 0.15) is 0 Å². The van der Waals surface area contributed by atoms with Crippen molar-refractivity contribution >= 4 is 16.4 Å². The Hall–Kier alpha value is 1.34. The van der Waals surface area contributed by atoms with Crippen molar-refractivity contribution in [3.05, 3.63) is 0 Å². The first kappa shape index (κ1) is 33.0. The summed E-state index contributed by atoms with van der Waals surface area (Å²) in [5.41, 5.74) is 0. The molecule has 0 aromatic heterocycles. The second kappa shape index (κ2) is 22.0. The summed E-state index contributed by atoms with van der Waals surface area (Å²) in [6.07, 6.45) is 13.0. The zero-order valence-electron chi connectivity index (χ0n) is 17.6. The third-order valence-electron chi connectivity index (χ3n) is 4.29. The minimum atomic E-state index is -4.40. The molecular weight excluding hydrogens is 390 g/mol. The van der Waals surface area contributed by atoms with E-state index in [0.29, 0.717) is 19.3 Å². The molecule has 0 bridgehead atoms.